The van der Waals surface area contributed by atoms with Gasteiger partial charge in [-0.2, -0.15) is 0 Å². The Morgan fingerprint density at radius 3 is 2.93 bits per heavy atom. The number of fused-ring (bicyclic) bond motifs is 1. The van der Waals surface area contributed by atoms with E-state index in [1.165, 1.54) is 22.2 Å². The maximum atomic E-state index is 12.7. The van der Waals surface area contributed by atoms with E-state index in [0.717, 1.165) is 29.9 Å². The van der Waals surface area contributed by atoms with Crippen molar-refractivity contribution in [2.75, 3.05) is 13.2 Å². The number of hydrogen-bond acceptors (Lipinski definition) is 5. The van der Waals surface area contributed by atoms with E-state index < -0.39 is 0 Å². The van der Waals surface area contributed by atoms with Gasteiger partial charge in [-0.25, -0.2) is 4.98 Å². The van der Waals surface area contributed by atoms with Crippen molar-refractivity contribution in [1.82, 2.24) is 14.9 Å². The van der Waals surface area contributed by atoms with E-state index in [1.807, 2.05) is 30.3 Å². The van der Waals surface area contributed by atoms with Crippen molar-refractivity contribution in [3.05, 3.63) is 52.0 Å². The van der Waals surface area contributed by atoms with E-state index in [4.69, 9.17) is 16.3 Å². The summed E-state index contributed by atoms with van der Waals surface area (Å²) in [7, 11) is 0. The summed E-state index contributed by atoms with van der Waals surface area (Å²) in [5.74, 6) is -0.219. The number of rotatable bonds is 5. The van der Waals surface area contributed by atoms with E-state index >= 15 is 0 Å². The largest absolute Gasteiger partial charge is 0.376 e. The molecule has 8 heteroatoms. The number of amides is 1. The van der Waals surface area contributed by atoms with Gasteiger partial charge in [-0.15, -0.1) is 11.3 Å². The van der Waals surface area contributed by atoms with Crippen LogP contribution in [-0.2, 0) is 16.1 Å². The number of nitrogens with zero attached hydrogens (tertiary/aromatic N) is 2. The molecule has 0 unspecified atom stereocenters. The van der Waals surface area contributed by atoms with E-state index in [2.05, 4.69) is 10.3 Å². The van der Waals surface area contributed by atoms with E-state index in [1.54, 1.807) is 0 Å². The molecule has 27 heavy (non-hydrogen) atoms. The topological polar surface area (TPSA) is 73.2 Å². The quantitative estimate of drug-likeness (QED) is 0.710. The summed E-state index contributed by atoms with van der Waals surface area (Å²) in [6.45, 7) is 1.17. The Morgan fingerprint density at radius 1 is 1.37 bits per heavy atom. The number of carbonyl (C=O) groups excluding carboxylic acids is 1. The fraction of sp³-hybridized carbons (Fsp3) is 0.316. The highest BCUT2D eigenvalue weighted by molar-refractivity contribution is 7.22. The van der Waals surface area contributed by atoms with Gasteiger partial charge in [-0.05, 0) is 36.6 Å². The van der Waals surface area contributed by atoms with Gasteiger partial charge in [0.05, 0.1) is 17.9 Å². The van der Waals surface area contributed by atoms with Gasteiger partial charge in [0.25, 0.3) is 5.56 Å². The number of ether oxygens (including phenoxy) is 1. The van der Waals surface area contributed by atoms with E-state index in [9.17, 15) is 9.59 Å². The molecule has 1 aliphatic heterocycles. The van der Waals surface area contributed by atoms with Crippen molar-refractivity contribution in [1.29, 1.82) is 0 Å². The zero-order valence-electron chi connectivity index (χ0n) is 14.5. The summed E-state index contributed by atoms with van der Waals surface area (Å²) in [6, 6.07) is 9.32. The van der Waals surface area contributed by atoms with Crippen molar-refractivity contribution < 1.29 is 9.53 Å². The number of benzene rings is 1. The molecule has 0 aliphatic carbocycles. The first-order valence-corrected chi connectivity index (χ1v) is 9.93. The lowest BCUT2D eigenvalue weighted by molar-refractivity contribution is -0.122. The Labute approximate surface area is 164 Å². The predicted octanol–water partition coefficient (Wildman–Crippen LogP) is 3.07. The summed E-state index contributed by atoms with van der Waals surface area (Å²) < 4.78 is 7.36. The summed E-state index contributed by atoms with van der Waals surface area (Å²) in [5, 5.41) is 3.49. The van der Waals surface area contributed by atoms with Gasteiger partial charge in [-0.3, -0.25) is 14.2 Å². The molecule has 2 aromatic heterocycles. The Hall–Kier alpha value is -2.22. The number of aromatic nitrogens is 2. The molecule has 1 amide bonds. The average molecular weight is 404 g/mol. The van der Waals surface area contributed by atoms with Crippen LogP contribution in [-0.4, -0.2) is 34.7 Å². The SMILES string of the molecule is O=C(Cn1cnc2cc(-c3ccc(Cl)cc3)sc2c1=O)NC[C@H]1CCCO1. The van der Waals surface area contributed by atoms with Gasteiger partial charge in [0.15, 0.2) is 0 Å². The highest BCUT2D eigenvalue weighted by atomic mass is 35.5. The molecule has 1 fully saturated rings. The first kappa shape index (κ1) is 18.2. The minimum atomic E-state index is -0.219. The van der Waals surface area contributed by atoms with Crippen molar-refractivity contribution in [3.8, 4) is 10.4 Å². The summed E-state index contributed by atoms with van der Waals surface area (Å²) in [4.78, 5) is 30.2. The molecule has 3 heterocycles. The number of hydrogen-bond donors (Lipinski definition) is 1. The molecule has 140 valence electrons. The van der Waals surface area contributed by atoms with Crippen molar-refractivity contribution >= 4 is 39.1 Å². The maximum Gasteiger partial charge on any atom is 0.271 e. The maximum absolute atomic E-state index is 12.7. The van der Waals surface area contributed by atoms with Crippen LogP contribution in [0.25, 0.3) is 20.7 Å². The molecule has 0 bridgehead atoms. The van der Waals surface area contributed by atoms with E-state index in [0.29, 0.717) is 21.8 Å². The molecule has 0 saturated carbocycles. The Kier molecular flexibility index (Phi) is 5.24. The Morgan fingerprint density at radius 2 is 2.19 bits per heavy atom. The van der Waals surface area contributed by atoms with Crippen LogP contribution < -0.4 is 10.9 Å². The summed E-state index contributed by atoms with van der Waals surface area (Å²) >= 11 is 7.30. The third-order valence-corrected chi connectivity index (χ3v) is 5.91. The highest BCUT2D eigenvalue weighted by Crippen LogP contribution is 2.31. The molecular formula is C19H18ClN3O3S. The number of nitrogens with one attached hydrogen (secondary N) is 1. The zero-order chi connectivity index (χ0) is 18.8. The second kappa shape index (κ2) is 7.80. The smallest absolute Gasteiger partial charge is 0.271 e. The van der Waals surface area contributed by atoms with Crippen LogP contribution in [0.5, 0.6) is 0 Å². The van der Waals surface area contributed by atoms with Gasteiger partial charge in [0, 0.05) is 23.1 Å². The monoisotopic (exact) mass is 403 g/mol. The minimum absolute atomic E-state index is 0.0529. The first-order chi connectivity index (χ1) is 13.1. The summed E-state index contributed by atoms with van der Waals surface area (Å²) in [5.41, 5.74) is 1.39. The van der Waals surface area contributed by atoms with Crippen LogP contribution in [0.15, 0.2) is 41.5 Å². The molecular weight excluding hydrogens is 386 g/mol. The Bertz CT molecular complexity index is 1020. The Balaban J connectivity index is 1.52. The lowest BCUT2D eigenvalue weighted by atomic mass is 10.2. The minimum Gasteiger partial charge on any atom is -0.376 e. The molecule has 4 rings (SSSR count). The van der Waals surface area contributed by atoms with Gasteiger partial charge in [0.2, 0.25) is 5.91 Å². The third kappa shape index (κ3) is 4.05. The normalized spacial score (nSPS) is 16.7. The molecule has 1 saturated heterocycles. The lowest BCUT2D eigenvalue weighted by Crippen LogP contribution is -2.36. The number of halogens is 1. The molecule has 0 radical (unpaired) electrons. The molecule has 1 aromatic carbocycles. The zero-order valence-corrected chi connectivity index (χ0v) is 16.1. The summed E-state index contributed by atoms with van der Waals surface area (Å²) in [6.07, 6.45) is 3.48. The van der Waals surface area contributed by atoms with Crippen LogP contribution in [0.4, 0.5) is 0 Å². The first-order valence-electron chi connectivity index (χ1n) is 8.73. The van der Waals surface area contributed by atoms with Crippen LogP contribution >= 0.6 is 22.9 Å². The highest BCUT2D eigenvalue weighted by Gasteiger charge is 2.17. The van der Waals surface area contributed by atoms with Gasteiger partial charge in [-0.1, -0.05) is 23.7 Å². The van der Waals surface area contributed by atoms with Crippen molar-refractivity contribution in [2.45, 2.75) is 25.5 Å². The molecule has 1 aliphatic rings. The van der Waals surface area contributed by atoms with Gasteiger partial charge < -0.3 is 10.1 Å². The van der Waals surface area contributed by atoms with Crippen LogP contribution in [0.3, 0.4) is 0 Å². The molecule has 1 atom stereocenters. The molecule has 6 nitrogen and oxygen atoms in total. The van der Waals surface area contributed by atoms with Gasteiger partial charge in [0.1, 0.15) is 11.2 Å². The standard InChI is InChI=1S/C19H18ClN3O3S/c20-13-5-3-12(4-6-13)16-8-15-18(27-16)19(25)23(11-22-15)10-17(24)21-9-14-2-1-7-26-14/h3-6,8,11,14H,1-2,7,9-10H2,(H,21,24)/t14-/m1/s1. The van der Waals surface area contributed by atoms with Crippen molar-refractivity contribution in [2.24, 2.45) is 0 Å². The second-order valence-electron chi connectivity index (χ2n) is 6.45. The molecule has 3 aromatic rings. The van der Waals surface area contributed by atoms with Crippen molar-refractivity contribution in [3.63, 3.8) is 0 Å². The van der Waals surface area contributed by atoms with Crippen LogP contribution in [0, 0.1) is 0 Å². The predicted molar refractivity (Wildman–Crippen MR) is 106 cm³/mol. The lowest BCUT2D eigenvalue weighted by Gasteiger charge is -2.11. The van der Waals surface area contributed by atoms with Gasteiger partial charge >= 0.3 is 0 Å². The van der Waals surface area contributed by atoms with Crippen LogP contribution in [0.2, 0.25) is 5.02 Å². The van der Waals surface area contributed by atoms with E-state index in [-0.39, 0.29) is 24.1 Å². The average Bonchev–Trinajstić information content (AvgIpc) is 3.33. The number of carbonyl (C=O) groups is 1. The fourth-order valence-corrected chi connectivity index (χ4v) is 4.25. The second-order valence-corrected chi connectivity index (χ2v) is 7.94. The van der Waals surface area contributed by atoms with Crippen LogP contribution in [0.1, 0.15) is 12.8 Å². The fourth-order valence-electron chi connectivity index (χ4n) is 3.06. The molecule has 1 N–H and O–H groups in total. The number of thiophene rings is 1. The third-order valence-electron chi connectivity index (χ3n) is 4.50. The molecule has 0 spiro atoms.